The van der Waals surface area contributed by atoms with Crippen LogP contribution >= 0.6 is 23.2 Å². The quantitative estimate of drug-likeness (QED) is 0.846. The number of hydrogen-bond acceptors (Lipinski definition) is 2. The van der Waals surface area contributed by atoms with Crippen molar-refractivity contribution in [2.75, 3.05) is 6.54 Å². The third kappa shape index (κ3) is 3.65. The molecule has 1 aromatic rings. The highest BCUT2D eigenvalue weighted by molar-refractivity contribution is 6.34. The summed E-state index contributed by atoms with van der Waals surface area (Å²) in [6.07, 6.45) is 1.01. The summed E-state index contributed by atoms with van der Waals surface area (Å²) in [5.74, 6) is 0.148. The molecule has 0 bridgehead atoms. The van der Waals surface area contributed by atoms with E-state index in [1.54, 1.807) is 12.1 Å². The third-order valence-electron chi connectivity index (χ3n) is 2.34. The Morgan fingerprint density at radius 3 is 2.81 bits per heavy atom. The van der Waals surface area contributed by atoms with Crippen molar-refractivity contribution in [1.82, 2.24) is 10.3 Å². The molecule has 5 heteroatoms. The van der Waals surface area contributed by atoms with Crippen LogP contribution < -0.4 is 5.32 Å². The monoisotopic (exact) mass is 260 g/mol. The number of aromatic nitrogens is 1. The number of carbonyl (C=O) groups excluding carboxylic acids is 1. The molecule has 0 aliphatic heterocycles. The van der Waals surface area contributed by atoms with Crippen molar-refractivity contribution in [2.45, 2.75) is 20.3 Å². The van der Waals surface area contributed by atoms with E-state index >= 15 is 0 Å². The largest absolute Gasteiger partial charge is 0.350 e. The Hall–Kier alpha value is -0.800. The first-order chi connectivity index (χ1) is 7.54. The first kappa shape index (κ1) is 13.3. The minimum atomic E-state index is -0.284. The lowest BCUT2D eigenvalue weighted by Crippen LogP contribution is -2.29. The zero-order chi connectivity index (χ0) is 12.1. The Labute approximate surface area is 105 Å². The summed E-state index contributed by atoms with van der Waals surface area (Å²) in [6.45, 7) is 4.74. The zero-order valence-corrected chi connectivity index (χ0v) is 10.8. The van der Waals surface area contributed by atoms with E-state index in [1.165, 1.54) is 0 Å². The summed E-state index contributed by atoms with van der Waals surface area (Å²) in [4.78, 5) is 15.6. The summed E-state index contributed by atoms with van der Waals surface area (Å²) in [6, 6.07) is 3.12. The second kappa shape index (κ2) is 6.06. The van der Waals surface area contributed by atoms with Crippen LogP contribution in [0.15, 0.2) is 12.1 Å². The molecule has 1 atom stereocenters. The van der Waals surface area contributed by atoms with Crippen molar-refractivity contribution < 1.29 is 4.79 Å². The molecule has 0 aliphatic carbocycles. The number of hydrogen-bond donors (Lipinski definition) is 1. The van der Waals surface area contributed by atoms with Crippen molar-refractivity contribution in [3.05, 3.63) is 28.0 Å². The highest BCUT2D eigenvalue weighted by Gasteiger charge is 2.13. The molecule has 0 aliphatic rings. The molecule has 0 fully saturated rings. The van der Waals surface area contributed by atoms with Crippen LogP contribution in [0, 0.1) is 5.92 Å². The predicted octanol–water partition coefficient (Wildman–Crippen LogP) is 3.16. The van der Waals surface area contributed by atoms with Gasteiger partial charge < -0.3 is 5.32 Å². The SMILES string of the molecule is CCC(C)CNC(=O)c1nc(Cl)ccc1Cl. The van der Waals surface area contributed by atoms with Gasteiger partial charge in [0.15, 0.2) is 0 Å². The number of rotatable bonds is 4. The van der Waals surface area contributed by atoms with Gasteiger partial charge >= 0.3 is 0 Å². The maximum absolute atomic E-state index is 11.7. The van der Waals surface area contributed by atoms with Crippen molar-refractivity contribution in [2.24, 2.45) is 5.92 Å². The summed E-state index contributed by atoms with van der Waals surface area (Å²) in [5.41, 5.74) is 0.178. The van der Waals surface area contributed by atoms with Gasteiger partial charge in [0.1, 0.15) is 10.8 Å². The minimum Gasteiger partial charge on any atom is -0.350 e. The molecule has 1 N–H and O–H groups in total. The second-order valence-corrected chi connectivity index (χ2v) is 4.48. The fourth-order valence-electron chi connectivity index (χ4n) is 1.07. The van der Waals surface area contributed by atoms with Gasteiger partial charge in [-0.2, -0.15) is 0 Å². The van der Waals surface area contributed by atoms with Crippen LogP contribution in [0.1, 0.15) is 30.8 Å². The molecule has 1 heterocycles. The van der Waals surface area contributed by atoms with Gasteiger partial charge in [-0.05, 0) is 18.1 Å². The molecule has 88 valence electrons. The number of amides is 1. The average Bonchev–Trinajstić information content (AvgIpc) is 2.28. The van der Waals surface area contributed by atoms with Crippen LogP contribution in [-0.4, -0.2) is 17.4 Å². The molecule has 3 nitrogen and oxygen atoms in total. The third-order valence-corrected chi connectivity index (χ3v) is 2.85. The number of pyridine rings is 1. The summed E-state index contributed by atoms with van der Waals surface area (Å²) in [7, 11) is 0. The van der Waals surface area contributed by atoms with Crippen LogP contribution in [0.25, 0.3) is 0 Å². The van der Waals surface area contributed by atoms with Crippen molar-refractivity contribution >= 4 is 29.1 Å². The van der Waals surface area contributed by atoms with Gasteiger partial charge in [0.25, 0.3) is 5.91 Å². The maximum atomic E-state index is 11.7. The lowest BCUT2D eigenvalue weighted by molar-refractivity contribution is 0.0943. The molecule has 0 aromatic carbocycles. The van der Waals surface area contributed by atoms with Gasteiger partial charge in [0.2, 0.25) is 0 Å². The smallest absolute Gasteiger partial charge is 0.271 e. The van der Waals surface area contributed by atoms with Gasteiger partial charge in [-0.3, -0.25) is 4.79 Å². The fourth-order valence-corrected chi connectivity index (χ4v) is 1.41. The molecule has 1 rings (SSSR count). The van der Waals surface area contributed by atoms with Crippen LogP contribution in [0.3, 0.4) is 0 Å². The van der Waals surface area contributed by atoms with Crippen LogP contribution in [0.2, 0.25) is 10.2 Å². The summed E-state index contributed by atoms with van der Waals surface area (Å²) >= 11 is 11.6. The Kier molecular flexibility index (Phi) is 5.03. The molecule has 16 heavy (non-hydrogen) atoms. The van der Waals surface area contributed by atoms with Crippen molar-refractivity contribution in [1.29, 1.82) is 0 Å². The van der Waals surface area contributed by atoms with Gasteiger partial charge in [0.05, 0.1) is 5.02 Å². The summed E-state index contributed by atoms with van der Waals surface area (Å²) in [5, 5.41) is 3.35. The normalized spacial score (nSPS) is 12.2. The van der Waals surface area contributed by atoms with Crippen LogP contribution in [-0.2, 0) is 0 Å². The molecule has 0 radical (unpaired) electrons. The molecule has 0 saturated carbocycles. The summed E-state index contributed by atoms with van der Waals surface area (Å²) < 4.78 is 0. The highest BCUT2D eigenvalue weighted by atomic mass is 35.5. The molecule has 1 amide bonds. The van der Waals surface area contributed by atoms with E-state index in [1.807, 2.05) is 0 Å². The second-order valence-electron chi connectivity index (χ2n) is 3.69. The topological polar surface area (TPSA) is 42.0 Å². The van der Waals surface area contributed by atoms with Crippen molar-refractivity contribution in [3.8, 4) is 0 Å². The lowest BCUT2D eigenvalue weighted by Gasteiger charge is -2.10. The minimum absolute atomic E-state index is 0.178. The first-order valence-corrected chi connectivity index (χ1v) is 5.90. The van der Waals surface area contributed by atoms with Gasteiger partial charge in [-0.1, -0.05) is 43.5 Å². The molecule has 1 aromatic heterocycles. The average molecular weight is 261 g/mol. The predicted molar refractivity (Wildman–Crippen MR) is 66.0 cm³/mol. The van der Waals surface area contributed by atoms with Crippen LogP contribution in [0.4, 0.5) is 0 Å². The van der Waals surface area contributed by atoms with Gasteiger partial charge in [-0.25, -0.2) is 4.98 Å². The number of halogens is 2. The van der Waals surface area contributed by atoms with Gasteiger partial charge in [-0.15, -0.1) is 0 Å². The van der Waals surface area contributed by atoms with E-state index in [0.717, 1.165) is 6.42 Å². The maximum Gasteiger partial charge on any atom is 0.271 e. The Morgan fingerprint density at radius 1 is 1.50 bits per heavy atom. The van der Waals surface area contributed by atoms with E-state index in [-0.39, 0.29) is 16.8 Å². The Balaban J connectivity index is 2.69. The number of nitrogens with zero attached hydrogens (tertiary/aromatic N) is 1. The fraction of sp³-hybridized carbons (Fsp3) is 0.455. The van der Waals surface area contributed by atoms with E-state index in [9.17, 15) is 4.79 Å². The first-order valence-electron chi connectivity index (χ1n) is 5.14. The van der Waals surface area contributed by atoms with Gasteiger partial charge in [0, 0.05) is 6.54 Å². The number of nitrogens with one attached hydrogen (secondary N) is 1. The van der Waals surface area contributed by atoms with Crippen LogP contribution in [0.5, 0.6) is 0 Å². The molecule has 0 saturated heterocycles. The molecule has 1 unspecified atom stereocenters. The van der Waals surface area contributed by atoms with E-state index in [2.05, 4.69) is 24.1 Å². The van der Waals surface area contributed by atoms with E-state index in [4.69, 9.17) is 23.2 Å². The molecular weight excluding hydrogens is 247 g/mol. The highest BCUT2D eigenvalue weighted by Crippen LogP contribution is 2.16. The van der Waals surface area contributed by atoms with E-state index < -0.39 is 0 Å². The zero-order valence-electron chi connectivity index (χ0n) is 9.26. The molecule has 0 spiro atoms. The Morgan fingerprint density at radius 2 is 2.19 bits per heavy atom. The Bertz CT molecular complexity index is 382. The van der Waals surface area contributed by atoms with Crippen molar-refractivity contribution in [3.63, 3.8) is 0 Å². The molecular formula is C11H14Cl2N2O. The van der Waals surface area contributed by atoms with E-state index in [0.29, 0.717) is 17.5 Å². The lowest BCUT2D eigenvalue weighted by atomic mass is 10.1. The standard InChI is InChI=1S/C11H14Cl2N2O/c1-3-7(2)6-14-11(16)10-8(12)4-5-9(13)15-10/h4-5,7H,3,6H2,1-2H3,(H,14,16). The number of carbonyl (C=O) groups is 1.